The highest BCUT2D eigenvalue weighted by atomic mass is 31.2. The van der Waals surface area contributed by atoms with E-state index in [9.17, 15) is 43.2 Å². The second-order valence-corrected chi connectivity index (χ2v) is 32.8. The molecule has 0 aromatic heterocycles. The molecule has 4 unspecified atom stereocenters. The number of carbonyl (C=O) groups excluding carboxylic acids is 4. The number of aliphatic hydroxyl groups is 1. The fraction of sp³-hybridized carbons (Fsp3) is 0.949. The average molecular weight is 1440 g/mol. The van der Waals surface area contributed by atoms with Crippen molar-refractivity contribution in [2.24, 2.45) is 23.7 Å². The highest BCUT2D eigenvalue weighted by Gasteiger charge is 2.30. The fourth-order valence-electron chi connectivity index (χ4n) is 12.0. The van der Waals surface area contributed by atoms with Crippen LogP contribution in [-0.2, 0) is 65.4 Å². The molecule has 0 aromatic carbocycles. The summed E-state index contributed by atoms with van der Waals surface area (Å²) in [5.41, 5.74) is 0. The second kappa shape index (κ2) is 68.2. The molecule has 0 saturated heterocycles. The SMILES string of the molecule is CCC(C)CCCCCCCCCCCCC(=O)OC[C@H](COP(=O)(O)OC[C@@H](O)COP(=O)(O)OC[C@@H](COC(=O)CCCCCCCCC(C)CC)OC(=O)CCCCCCCCCCCCCCCCCC(C)C)OC(=O)CCCCCCCCCCCCCCCC(C)C. The first-order valence-corrected chi connectivity index (χ1v) is 43.8. The maximum Gasteiger partial charge on any atom is 0.472 e. The largest absolute Gasteiger partial charge is 0.472 e. The van der Waals surface area contributed by atoms with Crippen LogP contribution in [0.2, 0.25) is 0 Å². The fourth-order valence-corrected chi connectivity index (χ4v) is 13.6. The Labute approximate surface area is 600 Å². The molecule has 0 aliphatic carbocycles. The van der Waals surface area contributed by atoms with Crippen molar-refractivity contribution in [3.05, 3.63) is 0 Å². The summed E-state index contributed by atoms with van der Waals surface area (Å²) in [5, 5.41) is 10.6. The first-order valence-electron chi connectivity index (χ1n) is 40.8. The lowest BCUT2D eigenvalue weighted by Gasteiger charge is -2.21. The molecule has 17 nitrogen and oxygen atoms in total. The van der Waals surface area contributed by atoms with E-state index in [1.165, 1.54) is 199 Å². The first-order chi connectivity index (χ1) is 47.2. The summed E-state index contributed by atoms with van der Waals surface area (Å²) in [6, 6.07) is 0. The number of rotatable bonds is 76. The van der Waals surface area contributed by atoms with Crippen molar-refractivity contribution < 1.29 is 80.2 Å². The van der Waals surface area contributed by atoms with E-state index in [-0.39, 0.29) is 25.7 Å². The third-order valence-electron chi connectivity index (χ3n) is 19.0. The van der Waals surface area contributed by atoms with E-state index >= 15 is 0 Å². The number of hydrogen-bond donors (Lipinski definition) is 3. The van der Waals surface area contributed by atoms with Crippen molar-refractivity contribution in [2.45, 2.75) is 420 Å². The number of phosphoric acid groups is 2. The van der Waals surface area contributed by atoms with Gasteiger partial charge in [0.25, 0.3) is 0 Å². The standard InChI is InChI=1S/C79H154O17P2/c1-9-71(7)57-49-41-33-27-23-24-28-34-43-51-59-76(81)89-65-74(95-78(83)62-54-46-36-30-22-18-14-16-20-26-32-40-48-56-70(5)6)67-93-97(85,86)91-63-73(80)64-92-98(87,88)94-68-75(66-90-77(82)60-52-44-38-37-42-50-58-72(8)10-2)96-79(84)61-53-45-35-29-21-17-13-11-12-15-19-25-31-39-47-55-69(3)4/h69-75,80H,9-68H2,1-8H3,(H,85,86)(H,87,88)/t71?,72?,73-,74-,75-/m1/s1. The molecule has 0 aromatic rings. The van der Waals surface area contributed by atoms with Crippen LogP contribution in [-0.4, -0.2) is 96.7 Å². The zero-order chi connectivity index (χ0) is 72.4. The van der Waals surface area contributed by atoms with Crippen LogP contribution >= 0.6 is 15.6 Å². The molecule has 3 N–H and O–H groups in total. The molecule has 0 aliphatic rings. The van der Waals surface area contributed by atoms with Crippen molar-refractivity contribution in [1.29, 1.82) is 0 Å². The summed E-state index contributed by atoms with van der Waals surface area (Å²) in [6.07, 6.45) is 54.0. The topological polar surface area (TPSA) is 237 Å². The zero-order valence-electron chi connectivity index (χ0n) is 64.4. The quantitative estimate of drug-likeness (QED) is 0.0222. The Morgan fingerprint density at radius 2 is 0.490 bits per heavy atom. The summed E-state index contributed by atoms with van der Waals surface area (Å²) in [7, 11) is -9.92. The van der Waals surface area contributed by atoms with E-state index < -0.39 is 97.5 Å². The molecule has 0 saturated carbocycles. The van der Waals surface area contributed by atoms with Gasteiger partial charge in [0, 0.05) is 25.7 Å². The third kappa shape index (κ3) is 69.8. The van der Waals surface area contributed by atoms with Crippen LogP contribution in [0.4, 0.5) is 0 Å². The van der Waals surface area contributed by atoms with Crippen LogP contribution < -0.4 is 0 Å². The van der Waals surface area contributed by atoms with Crippen LogP contribution in [0.3, 0.4) is 0 Å². The van der Waals surface area contributed by atoms with Gasteiger partial charge in [0.05, 0.1) is 26.4 Å². The Morgan fingerprint density at radius 1 is 0.286 bits per heavy atom. The van der Waals surface area contributed by atoms with Gasteiger partial charge >= 0.3 is 39.5 Å². The van der Waals surface area contributed by atoms with Crippen molar-refractivity contribution >= 4 is 39.5 Å². The minimum absolute atomic E-state index is 0.106. The molecule has 19 heteroatoms. The Morgan fingerprint density at radius 3 is 0.724 bits per heavy atom. The van der Waals surface area contributed by atoms with Crippen LogP contribution in [0.25, 0.3) is 0 Å². The Balaban J connectivity index is 5.25. The maximum absolute atomic E-state index is 13.1. The summed E-state index contributed by atoms with van der Waals surface area (Å²) in [6.45, 7) is 14.3. The van der Waals surface area contributed by atoms with E-state index in [4.69, 9.17) is 37.0 Å². The van der Waals surface area contributed by atoms with Crippen molar-refractivity contribution in [3.8, 4) is 0 Å². The van der Waals surface area contributed by atoms with Gasteiger partial charge in [-0.3, -0.25) is 37.3 Å². The number of esters is 4. The van der Waals surface area contributed by atoms with E-state index in [0.29, 0.717) is 25.7 Å². The molecule has 0 bridgehead atoms. The molecule has 0 fully saturated rings. The van der Waals surface area contributed by atoms with Gasteiger partial charge in [-0.2, -0.15) is 0 Å². The first kappa shape index (κ1) is 96.1. The monoisotopic (exact) mass is 1440 g/mol. The molecule has 0 radical (unpaired) electrons. The van der Waals surface area contributed by atoms with Gasteiger partial charge in [0.15, 0.2) is 12.2 Å². The van der Waals surface area contributed by atoms with Gasteiger partial charge in [-0.15, -0.1) is 0 Å². The molecule has 7 atom stereocenters. The summed E-state index contributed by atoms with van der Waals surface area (Å²) in [4.78, 5) is 73.0. The van der Waals surface area contributed by atoms with Gasteiger partial charge in [-0.1, -0.05) is 351 Å². The average Bonchev–Trinajstić information content (AvgIpc) is 0.968. The van der Waals surface area contributed by atoms with Crippen LogP contribution in [0, 0.1) is 23.7 Å². The minimum Gasteiger partial charge on any atom is -0.462 e. The minimum atomic E-state index is -4.96. The molecule has 0 spiro atoms. The third-order valence-corrected chi connectivity index (χ3v) is 20.9. The number of ether oxygens (including phenoxy) is 4. The van der Waals surface area contributed by atoms with Gasteiger partial charge in [-0.25, -0.2) is 9.13 Å². The normalized spacial score (nSPS) is 14.6. The molecule has 0 aliphatic heterocycles. The molecular formula is C79H154O17P2. The van der Waals surface area contributed by atoms with Crippen LogP contribution in [0.5, 0.6) is 0 Å². The zero-order valence-corrected chi connectivity index (χ0v) is 66.2. The van der Waals surface area contributed by atoms with Gasteiger partial charge in [0.2, 0.25) is 0 Å². The van der Waals surface area contributed by atoms with Crippen molar-refractivity contribution in [2.75, 3.05) is 39.6 Å². The van der Waals surface area contributed by atoms with Gasteiger partial charge < -0.3 is 33.8 Å². The summed E-state index contributed by atoms with van der Waals surface area (Å²) >= 11 is 0. The Hall–Kier alpha value is -1.94. The number of phosphoric ester groups is 2. The lowest BCUT2D eigenvalue weighted by molar-refractivity contribution is -0.161. The number of hydrogen-bond acceptors (Lipinski definition) is 15. The number of aliphatic hydroxyl groups excluding tert-OH is 1. The highest BCUT2D eigenvalue weighted by Crippen LogP contribution is 2.45. The van der Waals surface area contributed by atoms with Crippen molar-refractivity contribution in [3.63, 3.8) is 0 Å². The second-order valence-electron chi connectivity index (χ2n) is 29.9. The molecule has 0 heterocycles. The predicted octanol–water partition coefficient (Wildman–Crippen LogP) is 23.2. The smallest absolute Gasteiger partial charge is 0.462 e. The van der Waals surface area contributed by atoms with E-state index in [1.54, 1.807) is 0 Å². The molecule has 0 rings (SSSR count). The molecule has 98 heavy (non-hydrogen) atoms. The van der Waals surface area contributed by atoms with E-state index in [1.807, 2.05) is 0 Å². The molecular weight excluding hydrogens is 1280 g/mol. The highest BCUT2D eigenvalue weighted by molar-refractivity contribution is 7.47. The predicted molar refractivity (Wildman–Crippen MR) is 400 cm³/mol. The number of carbonyl (C=O) groups is 4. The number of unbranched alkanes of at least 4 members (excludes halogenated alkanes) is 40. The van der Waals surface area contributed by atoms with E-state index in [2.05, 4.69) is 55.4 Å². The van der Waals surface area contributed by atoms with Crippen LogP contribution in [0.1, 0.15) is 402 Å². The lowest BCUT2D eigenvalue weighted by Crippen LogP contribution is -2.30. The molecule has 0 amide bonds. The summed E-state index contributed by atoms with van der Waals surface area (Å²) < 4.78 is 68.7. The van der Waals surface area contributed by atoms with Gasteiger partial charge in [0.1, 0.15) is 19.3 Å². The van der Waals surface area contributed by atoms with E-state index in [0.717, 1.165) is 120 Å². The van der Waals surface area contributed by atoms with Gasteiger partial charge in [-0.05, 0) is 49.4 Å². The Bertz CT molecular complexity index is 1920. The van der Waals surface area contributed by atoms with Crippen LogP contribution in [0.15, 0.2) is 0 Å². The maximum atomic E-state index is 13.1. The van der Waals surface area contributed by atoms with Crippen molar-refractivity contribution in [1.82, 2.24) is 0 Å². The summed E-state index contributed by atoms with van der Waals surface area (Å²) in [5.74, 6) is 1.01. The molecule has 582 valence electrons. The lowest BCUT2D eigenvalue weighted by atomic mass is 9.99. The Kier molecular flexibility index (Phi) is 66.8.